The minimum Gasteiger partial charge on any atom is -0.493 e. The van der Waals surface area contributed by atoms with Crippen LogP contribution >= 0.6 is 0 Å². The molecule has 1 fully saturated rings. The van der Waals surface area contributed by atoms with E-state index in [0.29, 0.717) is 29.4 Å². The standard InChI is InChI=1S/C18H24N4O4/c1-3-25-18(23)17-16(19-21-20-17)13-6-7-14(15(12-13)24-2)26-11-10-22-8-4-5-9-22/h6-7,12H,3-5,8-11H2,1-2H3,(H,19,20,21). The van der Waals surface area contributed by atoms with Crippen LogP contribution in [-0.4, -0.2) is 66.2 Å². The Morgan fingerprint density at radius 3 is 2.77 bits per heavy atom. The van der Waals surface area contributed by atoms with E-state index >= 15 is 0 Å². The van der Waals surface area contributed by atoms with Crippen LogP contribution in [0.15, 0.2) is 18.2 Å². The maximum atomic E-state index is 12.0. The first kappa shape index (κ1) is 18.2. The monoisotopic (exact) mass is 360 g/mol. The van der Waals surface area contributed by atoms with Crippen molar-refractivity contribution < 1.29 is 19.0 Å². The molecule has 0 aliphatic carbocycles. The van der Waals surface area contributed by atoms with Gasteiger partial charge < -0.3 is 14.2 Å². The molecule has 1 aromatic heterocycles. The summed E-state index contributed by atoms with van der Waals surface area (Å²) in [6.45, 7) is 5.81. The van der Waals surface area contributed by atoms with Gasteiger partial charge in [0.1, 0.15) is 12.3 Å². The van der Waals surface area contributed by atoms with E-state index in [1.165, 1.54) is 12.8 Å². The van der Waals surface area contributed by atoms with Crippen LogP contribution in [0.4, 0.5) is 0 Å². The number of aromatic nitrogens is 3. The summed E-state index contributed by atoms with van der Waals surface area (Å²) in [5.74, 6) is 0.736. The van der Waals surface area contributed by atoms with Gasteiger partial charge in [-0.2, -0.15) is 10.3 Å². The Hall–Kier alpha value is -2.61. The fourth-order valence-corrected chi connectivity index (χ4v) is 3.00. The Labute approximate surface area is 152 Å². The fourth-order valence-electron chi connectivity index (χ4n) is 3.00. The number of aromatic amines is 1. The maximum absolute atomic E-state index is 12.0. The number of hydrogen-bond acceptors (Lipinski definition) is 7. The number of benzene rings is 1. The van der Waals surface area contributed by atoms with Crippen molar-refractivity contribution in [3.05, 3.63) is 23.9 Å². The lowest BCUT2D eigenvalue weighted by molar-refractivity contribution is 0.0520. The second-order valence-corrected chi connectivity index (χ2v) is 6.00. The second-order valence-electron chi connectivity index (χ2n) is 6.00. The van der Waals surface area contributed by atoms with Crippen molar-refractivity contribution in [3.63, 3.8) is 0 Å². The van der Waals surface area contributed by atoms with Gasteiger partial charge in [0.15, 0.2) is 17.2 Å². The summed E-state index contributed by atoms with van der Waals surface area (Å²) in [6, 6.07) is 5.43. The molecule has 1 aromatic carbocycles. The number of carbonyl (C=O) groups is 1. The Kier molecular flexibility index (Phi) is 6.06. The molecule has 1 N–H and O–H groups in total. The number of hydrogen-bond donors (Lipinski definition) is 1. The minimum atomic E-state index is -0.513. The lowest BCUT2D eigenvalue weighted by Gasteiger charge is -2.16. The highest BCUT2D eigenvalue weighted by Crippen LogP contribution is 2.32. The molecule has 2 aromatic rings. The second kappa shape index (κ2) is 8.66. The maximum Gasteiger partial charge on any atom is 0.361 e. The van der Waals surface area contributed by atoms with E-state index in [9.17, 15) is 4.79 Å². The van der Waals surface area contributed by atoms with Crippen LogP contribution < -0.4 is 9.47 Å². The number of H-pyrrole nitrogens is 1. The predicted octanol–water partition coefficient (Wildman–Crippen LogP) is 2.13. The van der Waals surface area contributed by atoms with Crippen molar-refractivity contribution >= 4 is 5.97 Å². The molecule has 1 saturated heterocycles. The fraction of sp³-hybridized carbons (Fsp3) is 0.500. The van der Waals surface area contributed by atoms with Gasteiger partial charge >= 0.3 is 5.97 Å². The molecule has 8 heteroatoms. The molecule has 0 unspecified atom stereocenters. The molecule has 0 spiro atoms. The quantitative estimate of drug-likeness (QED) is 0.721. The zero-order chi connectivity index (χ0) is 18.4. The molecule has 1 aliphatic rings. The molecule has 1 aliphatic heterocycles. The molecule has 0 bridgehead atoms. The van der Waals surface area contributed by atoms with Crippen LogP contribution in [0.25, 0.3) is 11.3 Å². The zero-order valence-corrected chi connectivity index (χ0v) is 15.2. The summed E-state index contributed by atoms with van der Waals surface area (Å²) in [4.78, 5) is 14.4. The zero-order valence-electron chi connectivity index (χ0n) is 15.2. The van der Waals surface area contributed by atoms with Gasteiger partial charge in [0, 0.05) is 12.1 Å². The number of nitrogens with zero attached hydrogens (tertiary/aromatic N) is 3. The highest BCUT2D eigenvalue weighted by atomic mass is 16.5. The molecule has 0 radical (unpaired) electrons. The normalized spacial score (nSPS) is 14.4. The lowest BCUT2D eigenvalue weighted by atomic mass is 10.1. The van der Waals surface area contributed by atoms with Crippen LogP contribution in [0, 0.1) is 0 Å². The van der Waals surface area contributed by atoms with Gasteiger partial charge in [0.25, 0.3) is 0 Å². The largest absolute Gasteiger partial charge is 0.493 e. The third-order valence-electron chi connectivity index (χ3n) is 4.32. The first-order valence-corrected chi connectivity index (χ1v) is 8.84. The third-order valence-corrected chi connectivity index (χ3v) is 4.32. The molecule has 0 atom stereocenters. The number of ether oxygens (including phenoxy) is 3. The van der Waals surface area contributed by atoms with Gasteiger partial charge in [-0.3, -0.25) is 4.90 Å². The highest BCUT2D eigenvalue weighted by molar-refractivity contribution is 5.94. The number of esters is 1. The smallest absolute Gasteiger partial charge is 0.361 e. The van der Waals surface area contributed by atoms with E-state index in [4.69, 9.17) is 14.2 Å². The van der Waals surface area contributed by atoms with Crippen molar-refractivity contribution in [2.45, 2.75) is 19.8 Å². The molecule has 0 amide bonds. The van der Waals surface area contributed by atoms with Crippen molar-refractivity contribution in [3.8, 4) is 22.8 Å². The van der Waals surface area contributed by atoms with E-state index in [-0.39, 0.29) is 12.3 Å². The van der Waals surface area contributed by atoms with Crippen molar-refractivity contribution in [1.29, 1.82) is 0 Å². The Bertz CT molecular complexity index is 741. The molecule has 0 saturated carbocycles. The molecular weight excluding hydrogens is 336 g/mol. The topological polar surface area (TPSA) is 89.6 Å². The predicted molar refractivity (Wildman–Crippen MR) is 95.5 cm³/mol. The molecule has 3 rings (SSSR count). The summed E-state index contributed by atoms with van der Waals surface area (Å²) in [5.41, 5.74) is 1.27. The Morgan fingerprint density at radius 2 is 2.04 bits per heavy atom. The van der Waals surface area contributed by atoms with E-state index in [0.717, 1.165) is 19.6 Å². The summed E-state index contributed by atoms with van der Waals surface area (Å²) >= 11 is 0. The first-order valence-electron chi connectivity index (χ1n) is 8.84. The SMILES string of the molecule is CCOC(=O)c1n[nH]nc1-c1ccc(OCCN2CCCC2)c(OC)c1. The first-order chi connectivity index (χ1) is 12.7. The summed E-state index contributed by atoms with van der Waals surface area (Å²) in [7, 11) is 1.58. The molecule has 2 heterocycles. The summed E-state index contributed by atoms with van der Waals surface area (Å²) in [6.07, 6.45) is 2.52. The van der Waals surface area contributed by atoms with Crippen LogP contribution in [0.1, 0.15) is 30.3 Å². The van der Waals surface area contributed by atoms with Crippen molar-refractivity contribution in [2.24, 2.45) is 0 Å². The van der Waals surface area contributed by atoms with Gasteiger partial charge in [0.05, 0.1) is 13.7 Å². The van der Waals surface area contributed by atoms with E-state index in [1.54, 1.807) is 20.1 Å². The third kappa shape index (κ3) is 4.13. The number of rotatable bonds is 8. The van der Waals surface area contributed by atoms with Crippen LogP contribution in [0.5, 0.6) is 11.5 Å². The molecule has 140 valence electrons. The molecule has 8 nitrogen and oxygen atoms in total. The van der Waals surface area contributed by atoms with Crippen LogP contribution in [-0.2, 0) is 4.74 Å². The van der Waals surface area contributed by atoms with Crippen LogP contribution in [0.3, 0.4) is 0 Å². The van der Waals surface area contributed by atoms with E-state index < -0.39 is 5.97 Å². The minimum absolute atomic E-state index is 0.150. The van der Waals surface area contributed by atoms with Crippen molar-refractivity contribution in [2.75, 3.05) is 40.0 Å². The van der Waals surface area contributed by atoms with Gasteiger partial charge in [0.2, 0.25) is 0 Å². The van der Waals surface area contributed by atoms with E-state index in [2.05, 4.69) is 20.3 Å². The lowest BCUT2D eigenvalue weighted by Crippen LogP contribution is -2.25. The number of nitrogens with one attached hydrogen (secondary N) is 1. The van der Waals surface area contributed by atoms with E-state index in [1.807, 2.05) is 12.1 Å². The molecular formula is C18H24N4O4. The van der Waals surface area contributed by atoms with Gasteiger partial charge in [-0.1, -0.05) is 0 Å². The average molecular weight is 360 g/mol. The van der Waals surface area contributed by atoms with Crippen molar-refractivity contribution in [1.82, 2.24) is 20.3 Å². The Morgan fingerprint density at radius 1 is 1.23 bits per heavy atom. The highest BCUT2D eigenvalue weighted by Gasteiger charge is 2.20. The summed E-state index contributed by atoms with van der Waals surface area (Å²) in [5, 5.41) is 10.4. The number of carbonyl (C=O) groups excluding carboxylic acids is 1. The number of methoxy groups -OCH3 is 1. The molecule has 26 heavy (non-hydrogen) atoms. The average Bonchev–Trinajstić information content (AvgIpc) is 3.34. The van der Waals surface area contributed by atoms with Crippen LogP contribution in [0.2, 0.25) is 0 Å². The Balaban J connectivity index is 1.72. The van der Waals surface area contributed by atoms with Gasteiger partial charge in [-0.15, -0.1) is 5.10 Å². The van der Waals surface area contributed by atoms with Gasteiger partial charge in [-0.25, -0.2) is 4.79 Å². The number of likely N-dealkylation sites (tertiary alicyclic amines) is 1. The summed E-state index contributed by atoms with van der Waals surface area (Å²) < 4.78 is 16.3. The van der Waals surface area contributed by atoms with Gasteiger partial charge in [-0.05, 0) is 51.1 Å².